The second-order valence-electron chi connectivity index (χ2n) is 8.16. The normalized spacial score (nSPS) is 17.7. The lowest BCUT2D eigenvalue weighted by Crippen LogP contribution is -2.34. The summed E-state index contributed by atoms with van der Waals surface area (Å²) in [5, 5.41) is 15.3. The fraction of sp³-hybridized carbons (Fsp3) is 0.435. The predicted molar refractivity (Wildman–Crippen MR) is 115 cm³/mol. The van der Waals surface area contributed by atoms with Gasteiger partial charge in [0.05, 0.1) is 18.0 Å². The number of aromatic amines is 1. The minimum atomic E-state index is -0.549. The van der Waals surface area contributed by atoms with Crippen molar-refractivity contribution in [1.82, 2.24) is 24.6 Å². The maximum Gasteiger partial charge on any atom is 0.253 e. The lowest BCUT2D eigenvalue weighted by Gasteiger charge is -2.26. The van der Waals surface area contributed by atoms with Gasteiger partial charge in [0.15, 0.2) is 0 Å². The van der Waals surface area contributed by atoms with Gasteiger partial charge in [0.25, 0.3) is 5.91 Å². The van der Waals surface area contributed by atoms with Crippen LogP contribution in [0.5, 0.6) is 0 Å². The van der Waals surface area contributed by atoms with E-state index >= 15 is 0 Å². The van der Waals surface area contributed by atoms with Crippen molar-refractivity contribution in [1.29, 1.82) is 0 Å². The number of benzene rings is 1. The van der Waals surface area contributed by atoms with Crippen LogP contribution in [0.1, 0.15) is 66.9 Å². The smallest absolute Gasteiger partial charge is 0.253 e. The number of amides is 1. The molecule has 4 rings (SSSR count). The zero-order valence-corrected chi connectivity index (χ0v) is 17.6. The molecular weight excluding hydrogens is 378 g/mol. The fourth-order valence-corrected chi connectivity index (χ4v) is 4.14. The van der Waals surface area contributed by atoms with Crippen molar-refractivity contribution >= 4 is 5.91 Å². The Morgan fingerprint density at radius 1 is 1.20 bits per heavy atom. The number of imidazole rings is 1. The number of H-pyrrole nitrogens is 1. The molecule has 0 saturated heterocycles. The van der Waals surface area contributed by atoms with Crippen molar-refractivity contribution in [3.8, 4) is 11.4 Å². The predicted octanol–water partition coefficient (Wildman–Crippen LogP) is 3.76. The number of aliphatic hydroxyl groups is 1. The van der Waals surface area contributed by atoms with Gasteiger partial charge < -0.3 is 15.0 Å². The molecule has 158 valence electrons. The topological polar surface area (TPSA) is 87.0 Å². The number of hydrogen-bond acceptors (Lipinski definition) is 4. The number of aryl methyl sites for hydroxylation is 1. The van der Waals surface area contributed by atoms with Gasteiger partial charge in [0, 0.05) is 42.7 Å². The van der Waals surface area contributed by atoms with Crippen molar-refractivity contribution in [2.75, 3.05) is 13.1 Å². The Balaban J connectivity index is 1.47. The van der Waals surface area contributed by atoms with Crippen LogP contribution in [0.4, 0.5) is 0 Å². The van der Waals surface area contributed by atoms with Gasteiger partial charge in [0.2, 0.25) is 0 Å². The third-order valence-electron chi connectivity index (χ3n) is 5.69. The number of aromatic nitrogens is 4. The van der Waals surface area contributed by atoms with Gasteiger partial charge in [-0.3, -0.25) is 9.48 Å². The van der Waals surface area contributed by atoms with Crippen LogP contribution in [-0.4, -0.2) is 48.8 Å². The number of nitrogens with one attached hydrogen (secondary N) is 1. The van der Waals surface area contributed by atoms with E-state index in [-0.39, 0.29) is 11.9 Å². The SMILES string of the molecule is CC(C)n1ncc2c1C(O)CCCN(C(=O)c1ccc(-c3ncc[nH]3)cc1)CCC2. The van der Waals surface area contributed by atoms with Crippen LogP contribution in [0.15, 0.2) is 42.9 Å². The van der Waals surface area contributed by atoms with Gasteiger partial charge in [-0.15, -0.1) is 0 Å². The van der Waals surface area contributed by atoms with Crippen LogP contribution < -0.4 is 0 Å². The second-order valence-corrected chi connectivity index (χ2v) is 8.16. The van der Waals surface area contributed by atoms with Crippen LogP contribution in [-0.2, 0) is 6.42 Å². The Kier molecular flexibility index (Phi) is 5.99. The highest BCUT2D eigenvalue weighted by Crippen LogP contribution is 2.27. The molecule has 0 spiro atoms. The van der Waals surface area contributed by atoms with Crippen LogP contribution >= 0.6 is 0 Å². The van der Waals surface area contributed by atoms with Crippen LogP contribution in [0, 0.1) is 0 Å². The summed E-state index contributed by atoms with van der Waals surface area (Å²) in [6, 6.07) is 7.78. The zero-order chi connectivity index (χ0) is 21.1. The van der Waals surface area contributed by atoms with E-state index in [1.54, 1.807) is 12.4 Å². The largest absolute Gasteiger partial charge is 0.387 e. The molecule has 1 aliphatic heterocycles. The molecule has 1 aliphatic rings. The molecular formula is C23H29N5O2. The standard InChI is InChI=1S/C23H29N5O2/c1-16(2)28-21-19(15-26-28)5-3-13-27(14-4-6-20(21)29)23(30)18-9-7-17(8-10-18)22-24-11-12-25-22/h7-12,15-16,20,29H,3-6,13-14H2,1-2H3,(H,24,25). The molecule has 0 fully saturated rings. The number of hydrogen-bond donors (Lipinski definition) is 2. The summed E-state index contributed by atoms with van der Waals surface area (Å²) in [6.45, 7) is 5.50. The van der Waals surface area contributed by atoms with E-state index in [9.17, 15) is 9.90 Å². The van der Waals surface area contributed by atoms with Gasteiger partial charge in [-0.05, 0) is 57.2 Å². The third-order valence-corrected chi connectivity index (χ3v) is 5.69. The molecule has 2 aromatic heterocycles. The van der Waals surface area contributed by atoms with Crippen molar-refractivity contribution in [3.63, 3.8) is 0 Å². The van der Waals surface area contributed by atoms with Crippen molar-refractivity contribution in [3.05, 3.63) is 59.7 Å². The number of carbonyl (C=O) groups is 1. The summed E-state index contributed by atoms with van der Waals surface area (Å²) in [5.41, 5.74) is 3.66. The summed E-state index contributed by atoms with van der Waals surface area (Å²) in [5.74, 6) is 0.828. The summed E-state index contributed by atoms with van der Waals surface area (Å²) >= 11 is 0. The first kappa shape index (κ1) is 20.3. The van der Waals surface area contributed by atoms with Gasteiger partial charge in [0.1, 0.15) is 5.82 Å². The Labute approximate surface area is 176 Å². The van der Waals surface area contributed by atoms with Gasteiger partial charge in [-0.2, -0.15) is 5.10 Å². The van der Waals surface area contributed by atoms with Gasteiger partial charge in [-0.1, -0.05) is 12.1 Å². The van der Waals surface area contributed by atoms with Crippen LogP contribution in [0.25, 0.3) is 11.4 Å². The lowest BCUT2D eigenvalue weighted by atomic mass is 10.0. The average Bonchev–Trinajstić information content (AvgIpc) is 3.42. The summed E-state index contributed by atoms with van der Waals surface area (Å²) in [4.78, 5) is 22.3. The molecule has 1 amide bonds. The Bertz CT molecular complexity index is 976. The molecule has 0 radical (unpaired) electrons. The summed E-state index contributed by atoms with van der Waals surface area (Å²) in [7, 11) is 0. The molecule has 7 nitrogen and oxygen atoms in total. The van der Waals surface area contributed by atoms with E-state index in [0.29, 0.717) is 25.1 Å². The second kappa shape index (κ2) is 8.83. The molecule has 30 heavy (non-hydrogen) atoms. The number of fused-ring (bicyclic) bond motifs is 1. The highest BCUT2D eigenvalue weighted by atomic mass is 16.3. The quantitative estimate of drug-likeness (QED) is 0.692. The van der Waals surface area contributed by atoms with Crippen molar-refractivity contribution in [2.45, 2.75) is 51.7 Å². The molecule has 3 heterocycles. The van der Waals surface area contributed by atoms with E-state index in [0.717, 1.165) is 41.9 Å². The monoisotopic (exact) mass is 407 g/mol. The lowest BCUT2D eigenvalue weighted by molar-refractivity contribution is 0.0732. The Morgan fingerprint density at radius 3 is 2.67 bits per heavy atom. The molecule has 0 bridgehead atoms. The van der Waals surface area contributed by atoms with Crippen molar-refractivity contribution < 1.29 is 9.90 Å². The maximum atomic E-state index is 13.1. The summed E-state index contributed by atoms with van der Waals surface area (Å²) < 4.78 is 1.94. The maximum absolute atomic E-state index is 13.1. The number of carbonyl (C=O) groups excluding carboxylic acids is 1. The Hall–Kier alpha value is -2.93. The van der Waals surface area contributed by atoms with Crippen molar-refractivity contribution in [2.24, 2.45) is 0 Å². The van der Waals surface area contributed by atoms with Gasteiger partial charge >= 0.3 is 0 Å². The number of nitrogens with zero attached hydrogens (tertiary/aromatic N) is 4. The molecule has 0 saturated carbocycles. The highest BCUT2D eigenvalue weighted by Gasteiger charge is 2.23. The molecule has 0 aliphatic carbocycles. The first-order chi connectivity index (χ1) is 14.5. The average molecular weight is 408 g/mol. The van der Waals surface area contributed by atoms with E-state index in [2.05, 4.69) is 28.9 Å². The molecule has 2 N–H and O–H groups in total. The molecule has 1 unspecified atom stereocenters. The third kappa shape index (κ3) is 4.16. The molecule has 3 aromatic rings. The van der Waals surface area contributed by atoms with Crippen LogP contribution in [0.3, 0.4) is 0 Å². The number of rotatable bonds is 3. The van der Waals surface area contributed by atoms with Crippen LogP contribution in [0.2, 0.25) is 0 Å². The van der Waals surface area contributed by atoms with E-state index < -0.39 is 6.10 Å². The zero-order valence-electron chi connectivity index (χ0n) is 17.6. The van der Waals surface area contributed by atoms with E-state index in [1.807, 2.05) is 40.0 Å². The minimum Gasteiger partial charge on any atom is -0.387 e. The molecule has 7 heteroatoms. The Morgan fingerprint density at radius 2 is 1.97 bits per heavy atom. The number of aliphatic hydroxyl groups excluding tert-OH is 1. The minimum absolute atomic E-state index is 0.0363. The first-order valence-corrected chi connectivity index (χ1v) is 10.7. The highest BCUT2D eigenvalue weighted by molar-refractivity contribution is 5.94. The van der Waals surface area contributed by atoms with E-state index in [4.69, 9.17) is 0 Å². The molecule has 1 aromatic carbocycles. The van der Waals surface area contributed by atoms with E-state index in [1.165, 1.54) is 0 Å². The summed E-state index contributed by atoms with van der Waals surface area (Å²) in [6.07, 6.45) is 7.84. The fourth-order valence-electron chi connectivity index (χ4n) is 4.14. The molecule has 1 atom stereocenters. The van der Waals surface area contributed by atoms with Gasteiger partial charge in [-0.25, -0.2) is 4.98 Å². The first-order valence-electron chi connectivity index (χ1n) is 10.7.